The van der Waals surface area contributed by atoms with Crippen molar-refractivity contribution in [1.29, 1.82) is 0 Å². The van der Waals surface area contributed by atoms with Gasteiger partial charge in [0.1, 0.15) is 12.7 Å². The number of rotatable bonds is 1. The van der Waals surface area contributed by atoms with Crippen molar-refractivity contribution in [3.63, 3.8) is 0 Å². The van der Waals surface area contributed by atoms with E-state index in [0.29, 0.717) is 0 Å². The Morgan fingerprint density at radius 1 is 1.47 bits per heavy atom. The fraction of sp³-hybridized carbons (Fsp3) is 0.800. The van der Waals surface area contributed by atoms with Crippen LogP contribution in [-0.2, 0) is 18.9 Å². The number of aliphatic hydroxyl groups is 1. The van der Waals surface area contributed by atoms with Crippen molar-refractivity contribution in [3.05, 3.63) is 12.3 Å². The monoisotopic (exact) mass is 216 g/mol. The first-order valence-corrected chi connectivity index (χ1v) is 4.89. The lowest BCUT2D eigenvalue weighted by molar-refractivity contribution is -0.404. The minimum atomic E-state index is -1.04. The second kappa shape index (κ2) is 3.45. The predicted octanol–water partition coefficient (Wildman–Crippen LogP) is 0.385. The van der Waals surface area contributed by atoms with Crippen LogP contribution in [0.25, 0.3) is 0 Å². The highest BCUT2D eigenvalue weighted by molar-refractivity contribution is 5.04. The molecule has 15 heavy (non-hydrogen) atoms. The molecule has 3 atom stereocenters. The van der Waals surface area contributed by atoms with E-state index in [1.807, 2.05) is 0 Å². The maximum atomic E-state index is 9.81. The second-order valence-corrected chi connectivity index (χ2v) is 4.18. The van der Waals surface area contributed by atoms with Crippen molar-refractivity contribution < 1.29 is 24.1 Å². The second-order valence-electron chi connectivity index (χ2n) is 4.18. The van der Waals surface area contributed by atoms with E-state index in [4.69, 9.17) is 18.9 Å². The van der Waals surface area contributed by atoms with E-state index < -0.39 is 23.8 Å². The van der Waals surface area contributed by atoms with Crippen molar-refractivity contribution in [2.45, 2.75) is 37.6 Å². The normalized spacial score (nSPS) is 43.2. The van der Waals surface area contributed by atoms with Gasteiger partial charge in [0.25, 0.3) is 5.79 Å². The number of hydrogen-bond acceptors (Lipinski definition) is 5. The third kappa shape index (κ3) is 1.76. The number of methoxy groups -OCH3 is 1. The van der Waals surface area contributed by atoms with Crippen LogP contribution in [0, 0.1) is 0 Å². The van der Waals surface area contributed by atoms with Gasteiger partial charge in [-0.1, -0.05) is 0 Å². The Balaban J connectivity index is 2.26. The van der Waals surface area contributed by atoms with Crippen LogP contribution in [0.15, 0.2) is 12.3 Å². The molecule has 2 heterocycles. The van der Waals surface area contributed by atoms with Gasteiger partial charge in [-0.15, -0.1) is 0 Å². The van der Waals surface area contributed by atoms with Gasteiger partial charge in [-0.3, -0.25) is 0 Å². The van der Waals surface area contributed by atoms with Gasteiger partial charge in [0.15, 0.2) is 11.9 Å². The average molecular weight is 216 g/mol. The van der Waals surface area contributed by atoms with Gasteiger partial charge in [-0.05, 0) is 19.9 Å². The van der Waals surface area contributed by atoms with Crippen molar-refractivity contribution in [1.82, 2.24) is 0 Å². The molecule has 1 N–H and O–H groups in total. The molecule has 0 aromatic carbocycles. The zero-order valence-corrected chi connectivity index (χ0v) is 9.10. The first-order chi connectivity index (χ1) is 6.99. The van der Waals surface area contributed by atoms with E-state index >= 15 is 0 Å². The molecule has 0 amide bonds. The summed E-state index contributed by atoms with van der Waals surface area (Å²) in [6.45, 7) is 3.80. The molecule has 0 radical (unpaired) electrons. The highest BCUT2D eigenvalue weighted by atomic mass is 16.8. The minimum Gasteiger partial charge on any atom is -0.465 e. The van der Waals surface area contributed by atoms with Crippen LogP contribution in [0.2, 0.25) is 0 Å². The summed E-state index contributed by atoms with van der Waals surface area (Å²) in [4.78, 5) is 0. The molecule has 0 saturated carbocycles. The van der Waals surface area contributed by atoms with Gasteiger partial charge in [-0.2, -0.15) is 0 Å². The lowest BCUT2D eigenvalue weighted by atomic mass is 10.0. The zero-order valence-electron chi connectivity index (χ0n) is 9.10. The summed E-state index contributed by atoms with van der Waals surface area (Å²) in [7, 11) is 1.50. The Bertz CT molecular complexity index is 275. The fourth-order valence-corrected chi connectivity index (χ4v) is 1.78. The number of ether oxygens (including phenoxy) is 4. The molecule has 1 saturated heterocycles. The Hall–Kier alpha value is -0.620. The van der Waals surface area contributed by atoms with E-state index in [9.17, 15) is 5.11 Å². The summed E-state index contributed by atoms with van der Waals surface area (Å²) in [5.41, 5.74) is 0. The van der Waals surface area contributed by atoms with Gasteiger partial charge < -0.3 is 24.1 Å². The van der Waals surface area contributed by atoms with Crippen LogP contribution in [0.5, 0.6) is 0 Å². The Kier molecular flexibility index (Phi) is 2.50. The fourth-order valence-electron chi connectivity index (χ4n) is 1.78. The van der Waals surface area contributed by atoms with Crippen LogP contribution in [0.3, 0.4) is 0 Å². The van der Waals surface area contributed by atoms with Gasteiger partial charge in [-0.25, -0.2) is 0 Å². The number of fused-ring (bicyclic) bond motifs is 1. The molecule has 0 spiro atoms. The molecular formula is C10H16O5. The summed E-state index contributed by atoms with van der Waals surface area (Å²) in [5, 5.41) is 9.81. The van der Waals surface area contributed by atoms with Crippen LogP contribution < -0.4 is 0 Å². The lowest BCUT2D eigenvalue weighted by Crippen LogP contribution is -2.64. The average Bonchev–Trinajstić information content (AvgIpc) is 2.19. The Morgan fingerprint density at radius 2 is 2.20 bits per heavy atom. The molecule has 1 fully saturated rings. The van der Waals surface area contributed by atoms with E-state index in [-0.39, 0.29) is 6.61 Å². The third-order valence-corrected chi connectivity index (χ3v) is 2.66. The van der Waals surface area contributed by atoms with E-state index in [1.54, 1.807) is 13.8 Å². The molecule has 0 aromatic heterocycles. The van der Waals surface area contributed by atoms with Crippen LogP contribution in [-0.4, -0.2) is 42.6 Å². The Labute approximate surface area is 88.6 Å². The molecule has 0 unspecified atom stereocenters. The summed E-state index contributed by atoms with van der Waals surface area (Å²) in [6.07, 6.45) is 1.62. The number of aliphatic hydroxyl groups excluding tert-OH is 1. The topological polar surface area (TPSA) is 57.2 Å². The van der Waals surface area contributed by atoms with Gasteiger partial charge in [0, 0.05) is 7.11 Å². The van der Waals surface area contributed by atoms with Gasteiger partial charge >= 0.3 is 0 Å². The minimum absolute atomic E-state index is 0.225. The quantitative estimate of drug-likeness (QED) is 0.687. The standard InChI is InChI=1S/C10H16O5/c1-9(2)14-6-10(12-3)8(15-9)7(11)4-5-13-10/h4-5,7-8,11H,6H2,1-3H3/t7-,8+,10-/m1/s1. The highest BCUT2D eigenvalue weighted by Gasteiger charge is 2.54. The van der Waals surface area contributed by atoms with Crippen LogP contribution in [0.1, 0.15) is 13.8 Å². The molecule has 0 aliphatic carbocycles. The number of hydrogen-bond donors (Lipinski definition) is 1. The molecule has 5 nitrogen and oxygen atoms in total. The van der Waals surface area contributed by atoms with Crippen molar-refractivity contribution in [2.24, 2.45) is 0 Å². The molecule has 0 aromatic rings. The van der Waals surface area contributed by atoms with Gasteiger partial charge in [0.2, 0.25) is 0 Å². The SMILES string of the molecule is CO[C@@]12COC(C)(C)O[C@H]1[C@H](O)C=CO2. The van der Waals surface area contributed by atoms with Gasteiger partial charge in [0.05, 0.1) is 6.26 Å². The highest BCUT2D eigenvalue weighted by Crippen LogP contribution is 2.36. The predicted molar refractivity (Wildman–Crippen MR) is 50.9 cm³/mol. The molecule has 2 aliphatic heterocycles. The molecular weight excluding hydrogens is 200 g/mol. The largest absolute Gasteiger partial charge is 0.465 e. The van der Waals surface area contributed by atoms with Crippen molar-refractivity contribution in [3.8, 4) is 0 Å². The molecule has 2 rings (SSSR count). The molecule has 86 valence electrons. The smallest absolute Gasteiger partial charge is 0.262 e. The molecule has 0 bridgehead atoms. The van der Waals surface area contributed by atoms with Crippen LogP contribution >= 0.6 is 0 Å². The zero-order chi connectivity index (χ0) is 11.1. The van der Waals surface area contributed by atoms with Crippen molar-refractivity contribution >= 4 is 0 Å². The maximum absolute atomic E-state index is 9.81. The van der Waals surface area contributed by atoms with Crippen molar-refractivity contribution in [2.75, 3.05) is 13.7 Å². The summed E-state index contributed by atoms with van der Waals surface area (Å²) >= 11 is 0. The lowest BCUT2D eigenvalue weighted by Gasteiger charge is -2.49. The van der Waals surface area contributed by atoms with Crippen LogP contribution in [0.4, 0.5) is 0 Å². The first-order valence-electron chi connectivity index (χ1n) is 4.89. The molecule has 2 aliphatic rings. The Morgan fingerprint density at radius 3 is 2.87 bits per heavy atom. The first kappa shape index (κ1) is 10.9. The third-order valence-electron chi connectivity index (χ3n) is 2.66. The summed E-state index contributed by atoms with van der Waals surface area (Å²) in [5.74, 6) is -1.77. The van der Waals surface area contributed by atoms with E-state index in [2.05, 4.69) is 0 Å². The van der Waals surface area contributed by atoms with E-state index in [0.717, 1.165) is 0 Å². The molecule has 5 heteroatoms. The van der Waals surface area contributed by atoms with E-state index in [1.165, 1.54) is 19.4 Å². The maximum Gasteiger partial charge on any atom is 0.262 e. The summed E-state index contributed by atoms with van der Waals surface area (Å²) in [6, 6.07) is 0. The summed E-state index contributed by atoms with van der Waals surface area (Å²) < 4.78 is 21.7.